The Bertz CT molecular complexity index is 1070. The van der Waals surface area contributed by atoms with Gasteiger partial charge < -0.3 is 15.5 Å². The first kappa shape index (κ1) is 20.8. The number of carboxylic acid groups (broad SMARTS) is 2. The minimum absolute atomic E-state index is 0. The van der Waals surface area contributed by atoms with Crippen LogP contribution < -0.4 is 5.32 Å². The summed E-state index contributed by atoms with van der Waals surface area (Å²) in [5.74, 6) is -2.28. The highest BCUT2D eigenvalue weighted by Crippen LogP contribution is 2.35. The average molecular weight is 428 g/mol. The first-order valence-corrected chi connectivity index (χ1v) is 8.15. The normalized spacial score (nSPS) is 10.3. The van der Waals surface area contributed by atoms with E-state index in [1.807, 2.05) is 0 Å². The number of hydrogen-bond acceptors (Lipinski definition) is 4. The molecule has 1 aromatic heterocycles. The number of rotatable bonds is 4. The molecule has 0 spiro atoms. The monoisotopic (exact) mass is 426 g/mol. The summed E-state index contributed by atoms with van der Waals surface area (Å²) in [6, 6.07) is 7.61. The van der Waals surface area contributed by atoms with Crippen LogP contribution in [0.1, 0.15) is 26.3 Å². The van der Waals surface area contributed by atoms with Gasteiger partial charge in [-0.2, -0.15) is 0 Å². The van der Waals surface area contributed by atoms with E-state index in [2.05, 4.69) is 10.3 Å². The predicted molar refractivity (Wildman–Crippen MR) is 107 cm³/mol. The molecular weight excluding hydrogens is 415 g/mol. The van der Waals surface area contributed by atoms with E-state index in [9.17, 15) is 19.8 Å². The quantitative estimate of drug-likeness (QED) is 0.514. The molecule has 3 aromatic rings. The Balaban J connectivity index is 0.00000261. The molecule has 1 heterocycles. The smallest absolute Gasteiger partial charge is 0.339 e. The maximum absolute atomic E-state index is 11.6. The molecule has 0 radical (unpaired) electrons. The molecule has 2 aromatic carbocycles. The summed E-state index contributed by atoms with van der Waals surface area (Å²) in [6.07, 6.45) is 1.20. The minimum atomic E-state index is -1.19. The highest BCUT2D eigenvalue weighted by atomic mass is 35.5. The van der Waals surface area contributed by atoms with Gasteiger partial charge in [0.2, 0.25) is 0 Å². The molecule has 140 valence electrons. The Morgan fingerprint density at radius 3 is 2.41 bits per heavy atom. The van der Waals surface area contributed by atoms with Gasteiger partial charge in [-0.15, -0.1) is 12.4 Å². The van der Waals surface area contributed by atoms with Crippen LogP contribution >= 0.6 is 35.6 Å². The Morgan fingerprint density at radius 1 is 1.07 bits per heavy atom. The van der Waals surface area contributed by atoms with E-state index in [1.54, 1.807) is 19.1 Å². The summed E-state index contributed by atoms with van der Waals surface area (Å²) in [4.78, 5) is 27.0. The Kier molecular flexibility index (Phi) is 6.15. The van der Waals surface area contributed by atoms with Gasteiger partial charge >= 0.3 is 11.9 Å². The number of aromatic nitrogens is 1. The molecule has 0 aliphatic rings. The third-order valence-electron chi connectivity index (χ3n) is 3.86. The first-order chi connectivity index (χ1) is 12.3. The van der Waals surface area contributed by atoms with Crippen molar-refractivity contribution in [3.63, 3.8) is 0 Å². The summed E-state index contributed by atoms with van der Waals surface area (Å²) in [6.45, 7) is 1.78. The van der Waals surface area contributed by atoms with E-state index in [4.69, 9.17) is 23.2 Å². The fourth-order valence-corrected chi connectivity index (χ4v) is 3.09. The van der Waals surface area contributed by atoms with Gasteiger partial charge in [-0.05, 0) is 36.8 Å². The Morgan fingerprint density at radius 2 is 1.78 bits per heavy atom. The number of halogens is 3. The van der Waals surface area contributed by atoms with Crippen LogP contribution in [0.5, 0.6) is 0 Å². The summed E-state index contributed by atoms with van der Waals surface area (Å²) < 4.78 is 0. The zero-order valence-electron chi connectivity index (χ0n) is 13.8. The lowest BCUT2D eigenvalue weighted by atomic mass is 10.1. The van der Waals surface area contributed by atoms with Gasteiger partial charge in [0.05, 0.1) is 21.8 Å². The summed E-state index contributed by atoms with van der Waals surface area (Å²) >= 11 is 12.2. The molecule has 0 atom stereocenters. The topological polar surface area (TPSA) is 99.5 Å². The van der Waals surface area contributed by atoms with Gasteiger partial charge in [-0.3, -0.25) is 4.98 Å². The molecule has 3 rings (SSSR count). The largest absolute Gasteiger partial charge is 0.478 e. The van der Waals surface area contributed by atoms with E-state index in [0.29, 0.717) is 21.6 Å². The van der Waals surface area contributed by atoms with Crippen molar-refractivity contribution in [2.75, 3.05) is 5.32 Å². The minimum Gasteiger partial charge on any atom is -0.478 e. The lowest BCUT2D eigenvalue weighted by Crippen LogP contribution is -2.06. The molecule has 0 amide bonds. The summed E-state index contributed by atoms with van der Waals surface area (Å²) in [7, 11) is 0. The predicted octanol–water partition coefficient (Wildman–Crippen LogP) is 5.41. The molecule has 0 bridgehead atoms. The van der Waals surface area contributed by atoms with Gasteiger partial charge in [-0.25, -0.2) is 9.59 Å². The van der Waals surface area contributed by atoms with Crippen molar-refractivity contribution in [3.05, 3.63) is 63.3 Å². The van der Waals surface area contributed by atoms with Gasteiger partial charge in [0.25, 0.3) is 0 Å². The number of fused-ring (bicyclic) bond motifs is 1. The molecule has 27 heavy (non-hydrogen) atoms. The zero-order chi connectivity index (χ0) is 19.0. The second-order valence-electron chi connectivity index (χ2n) is 5.60. The number of carboxylic acids is 2. The SMILES string of the molecule is Cc1ccc(C(=O)O)cc1Nc1c(C(=O)O)cnc2c(Cl)cc(Cl)cc12.Cl. The van der Waals surface area contributed by atoms with Gasteiger partial charge in [0, 0.05) is 22.3 Å². The third kappa shape index (κ3) is 4.08. The first-order valence-electron chi connectivity index (χ1n) is 7.40. The van der Waals surface area contributed by atoms with Crippen LogP contribution in [-0.2, 0) is 0 Å². The van der Waals surface area contributed by atoms with Crippen LogP contribution in [0.15, 0.2) is 36.5 Å². The maximum atomic E-state index is 11.6. The molecule has 0 aliphatic carbocycles. The van der Waals surface area contributed by atoms with Crippen LogP contribution in [0.2, 0.25) is 10.0 Å². The Hall–Kier alpha value is -2.54. The fourth-order valence-electron chi connectivity index (χ4n) is 2.55. The molecular formula is C18H13Cl3N2O4. The molecule has 0 fully saturated rings. The van der Waals surface area contributed by atoms with Crippen molar-refractivity contribution < 1.29 is 19.8 Å². The van der Waals surface area contributed by atoms with Crippen molar-refractivity contribution in [1.29, 1.82) is 0 Å². The van der Waals surface area contributed by atoms with Crippen molar-refractivity contribution in [2.24, 2.45) is 0 Å². The number of nitrogens with one attached hydrogen (secondary N) is 1. The average Bonchev–Trinajstić information content (AvgIpc) is 2.56. The molecule has 9 heteroatoms. The molecule has 0 unspecified atom stereocenters. The third-order valence-corrected chi connectivity index (χ3v) is 4.37. The molecule has 6 nitrogen and oxygen atoms in total. The number of hydrogen-bond donors (Lipinski definition) is 3. The van der Waals surface area contributed by atoms with Crippen LogP contribution in [0.3, 0.4) is 0 Å². The summed E-state index contributed by atoms with van der Waals surface area (Å²) in [5.41, 5.74) is 1.80. The van der Waals surface area contributed by atoms with E-state index in [0.717, 1.165) is 5.56 Å². The molecule has 0 saturated heterocycles. The number of aryl methyl sites for hydroxylation is 1. The van der Waals surface area contributed by atoms with Gasteiger partial charge in [-0.1, -0.05) is 29.3 Å². The van der Waals surface area contributed by atoms with Crippen molar-refractivity contribution in [1.82, 2.24) is 4.98 Å². The van der Waals surface area contributed by atoms with Crippen molar-refractivity contribution >= 4 is 69.8 Å². The number of nitrogens with zero attached hydrogens (tertiary/aromatic N) is 1. The van der Waals surface area contributed by atoms with Crippen LogP contribution in [0.25, 0.3) is 10.9 Å². The van der Waals surface area contributed by atoms with Crippen molar-refractivity contribution in [2.45, 2.75) is 6.92 Å². The van der Waals surface area contributed by atoms with Crippen molar-refractivity contribution in [3.8, 4) is 0 Å². The number of anilines is 2. The maximum Gasteiger partial charge on any atom is 0.339 e. The number of carbonyl (C=O) groups is 2. The second kappa shape index (κ2) is 8.00. The standard InChI is InChI=1S/C18H12Cl2N2O4.ClH/c1-8-2-3-9(17(23)24)4-14(8)22-15-11-5-10(19)6-13(20)16(11)21-7-12(15)18(25)26;/h2-7H,1H3,(H,21,22)(H,23,24)(H,25,26);1H. The lowest BCUT2D eigenvalue weighted by molar-refractivity contribution is 0.0686. The highest BCUT2D eigenvalue weighted by Gasteiger charge is 2.18. The number of aromatic carboxylic acids is 2. The highest BCUT2D eigenvalue weighted by molar-refractivity contribution is 6.38. The number of benzene rings is 2. The number of pyridine rings is 1. The summed E-state index contributed by atoms with van der Waals surface area (Å²) in [5, 5.41) is 22.7. The molecule has 3 N–H and O–H groups in total. The van der Waals surface area contributed by atoms with E-state index >= 15 is 0 Å². The molecule has 0 aliphatic heterocycles. The van der Waals surface area contributed by atoms with E-state index in [1.165, 1.54) is 24.4 Å². The second-order valence-corrected chi connectivity index (χ2v) is 6.44. The van der Waals surface area contributed by atoms with Crippen LogP contribution in [-0.4, -0.2) is 27.1 Å². The molecule has 0 saturated carbocycles. The fraction of sp³-hybridized carbons (Fsp3) is 0.0556. The Labute approximate surface area is 170 Å². The van der Waals surface area contributed by atoms with Crippen LogP contribution in [0.4, 0.5) is 11.4 Å². The van der Waals surface area contributed by atoms with E-state index in [-0.39, 0.29) is 34.2 Å². The lowest BCUT2D eigenvalue weighted by Gasteiger charge is -2.15. The van der Waals surface area contributed by atoms with E-state index < -0.39 is 11.9 Å². The van der Waals surface area contributed by atoms with Gasteiger partial charge in [0.1, 0.15) is 5.56 Å². The van der Waals surface area contributed by atoms with Gasteiger partial charge in [0.15, 0.2) is 0 Å². The van der Waals surface area contributed by atoms with Crippen LogP contribution in [0, 0.1) is 6.92 Å². The zero-order valence-corrected chi connectivity index (χ0v) is 16.1.